The Labute approximate surface area is 114 Å². The lowest BCUT2D eigenvalue weighted by Crippen LogP contribution is -2.21. The van der Waals surface area contributed by atoms with Crippen LogP contribution in [0.15, 0.2) is 30.7 Å². The van der Waals surface area contributed by atoms with Crippen LogP contribution in [-0.2, 0) is 6.42 Å². The molecule has 4 heteroatoms. The Morgan fingerprint density at radius 1 is 1.21 bits per heavy atom. The van der Waals surface area contributed by atoms with Crippen LogP contribution in [-0.4, -0.2) is 21.1 Å². The van der Waals surface area contributed by atoms with Crippen molar-refractivity contribution < 1.29 is 0 Å². The monoisotopic (exact) mass is 258 g/mol. The Balaban J connectivity index is 2.23. The van der Waals surface area contributed by atoms with Crippen LogP contribution in [0.2, 0.25) is 0 Å². The summed E-state index contributed by atoms with van der Waals surface area (Å²) in [6.07, 6.45) is 7.71. The number of imidazole rings is 1. The minimum absolute atomic E-state index is 0.340. The zero-order valence-corrected chi connectivity index (χ0v) is 11.9. The van der Waals surface area contributed by atoms with E-state index in [0.29, 0.717) is 6.04 Å². The molecule has 0 aromatic carbocycles. The van der Waals surface area contributed by atoms with E-state index in [1.54, 1.807) is 0 Å². The number of hydrogen-bond acceptors (Lipinski definition) is 3. The second-order valence-corrected chi connectivity index (χ2v) is 4.53. The van der Waals surface area contributed by atoms with E-state index < -0.39 is 0 Å². The van der Waals surface area contributed by atoms with Gasteiger partial charge in [0.15, 0.2) is 0 Å². The fourth-order valence-corrected chi connectivity index (χ4v) is 2.28. The van der Waals surface area contributed by atoms with Crippen LogP contribution in [0.3, 0.4) is 0 Å². The Hall–Kier alpha value is -1.68. The van der Waals surface area contributed by atoms with E-state index in [1.165, 1.54) is 0 Å². The van der Waals surface area contributed by atoms with Crippen LogP contribution < -0.4 is 5.32 Å². The van der Waals surface area contributed by atoms with E-state index in [4.69, 9.17) is 0 Å². The van der Waals surface area contributed by atoms with Crippen LogP contribution in [0.5, 0.6) is 0 Å². The van der Waals surface area contributed by atoms with E-state index in [1.807, 2.05) is 18.6 Å². The molecule has 1 unspecified atom stereocenters. The standard InChI is InChI=1S/C15H22N4/c1-4-13(16-6-3)14-8-7-12(11-18-14)19-10-9-17-15(19)5-2/h7-11,13,16H,4-6H2,1-3H3. The van der Waals surface area contributed by atoms with Gasteiger partial charge in [0.25, 0.3) is 0 Å². The van der Waals surface area contributed by atoms with Crippen LogP contribution in [0, 0.1) is 0 Å². The normalized spacial score (nSPS) is 12.6. The molecule has 1 atom stereocenters. The first-order valence-electron chi connectivity index (χ1n) is 7.02. The average molecular weight is 258 g/mol. The maximum Gasteiger partial charge on any atom is 0.112 e. The lowest BCUT2D eigenvalue weighted by atomic mass is 10.1. The van der Waals surface area contributed by atoms with Crippen molar-refractivity contribution in [2.24, 2.45) is 0 Å². The third-order valence-corrected chi connectivity index (χ3v) is 3.30. The Morgan fingerprint density at radius 2 is 2.05 bits per heavy atom. The number of nitrogens with one attached hydrogen (secondary N) is 1. The molecule has 0 saturated heterocycles. The molecule has 0 amide bonds. The maximum atomic E-state index is 4.59. The molecular formula is C15H22N4. The first-order chi connectivity index (χ1) is 9.30. The highest BCUT2D eigenvalue weighted by atomic mass is 15.1. The van der Waals surface area contributed by atoms with Crippen molar-refractivity contribution in [2.75, 3.05) is 6.54 Å². The number of aromatic nitrogens is 3. The van der Waals surface area contributed by atoms with Gasteiger partial charge in [0.1, 0.15) is 5.82 Å². The molecule has 0 saturated carbocycles. The summed E-state index contributed by atoms with van der Waals surface area (Å²) < 4.78 is 2.09. The zero-order chi connectivity index (χ0) is 13.7. The highest BCUT2D eigenvalue weighted by Crippen LogP contribution is 2.16. The molecule has 2 rings (SSSR count). The summed E-state index contributed by atoms with van der Waals surface area (Å²) in [5.74, 6) is 1.06. The van der Waals surface area contributed by atoms with Gasteiger partial charge in [-0.25, -0.2) is 4.98 Å². The van der Waals surface area contributed by atoms with Crippen molar-refractivity contribution in [3.63, 3.8) is 0 Å². The highest BCUT2D eigenvalue weighted by molar-refractivity contribution is 5.32. The van der Waals surface area contributed by atoms with E-state index in [2.05, 4.69) is 52.8 Å². The van der Waals surface area contributed by atoms with Crippen molar-refractivity contribution in [3.8, 4) is 5.69 Å². The first kappa shape index (κ1) is 13.7. The second kappa shape index (κ2) is 6.48. The molecule has 0 bridgehead atoms. The van der Waals surface area contributed by atoms with Crippen LogP contribution >= 0.6 is 0 Å². The summed E-state index contributed by atoms with van der Waals surface area (Å²) in [5.41, 5.74) is 2.18. The van der Waals surface area contributed by atoms with Gasteiger partial charge in [-0.2, -0.15) is 0 Å². The van der Waals surface area contributed by atoms with Crippen LogP contribution in [0.1, 0.15) is 44.8 Å². The van der Waals surface area contributed by atoms with Crippen molar-refractivity contribution in [3.05, 3.63) is 42.2 Å². The summed E-state index contributed by atoms with van der Waals surface area (Å²) in [4.78, 5) is 8.93. The summed E-state index contributed by atoms with van der Waals surface area (Å²) in [6.45, 7) is 7.37. The van der Waals surface area contributed by atoms with Gasteiger partial charge in [-0.05, 0) is 25.1 Å². The molecule has 4 nitrogen and oxygen atoms in total. The molecule has 0 radical (unpaired) electrons. The van der Waals surface area contributed by atoms with Gasteiger partial charge in [-0.3, -0.25) is 4.98 Å². The smallest absolute Gasteiger partial charge is 0.112 e. The predicted octanol–water partition coefficient (Wildman–Crippen LogP) is 2.89. The Morgan fingerprint density at radius 3 is 2.63 bits per heavy atom. The molecule has 2 aromatic rings. The SMILES string of the molecule is CCNC(CC)c1ccc(-n2ccnc2CC)cn1. The zero-order valence-electron chi connectivity index (χ0n) is 11.9. The molecule has 102 valence electrons. The van der Waals surface area contributed by atoms with E-state index in [0.717, 1.165) is 36.6 Å². The van der Waals surface area contributed by atoms with Crippen molar-refractivity contribution in [1.29, 1.82) is 0 Å². The molecular weight excluding hydrogens is 236 g/mol. The van der Waals surface area contributed by atoms with Crippen molar-refractivity contribution in [2.45, 2.75) is 39.7 Å². The number of rotatable bonds is 6. The van der Waals surface area contributed by atoms with Gasteiger partial charge in [-0.15, -0.1) is 0 Å². The third-order valence-electron chi connectivity index (χ3n) is 3.30. The number of nitrogens with zero attached hydrogens (tertiary/aromatic N) is 3. The lowest BCUT2D eigenvalue weighted by Gasteiger charge is -2.15. The number of hydrogen-bond donors (Lipinski definition) is 1. The minimum atomic E-state index is 0.340. The van der Waals surface area contributed by atoms with Gasteiger partial charge >= 0.3 is 0 Å². The molecule has 0 spiro atoms. The lowest BCUT2D eigenvalue weighted by molar-refractivity contribution is 0.524. The molecule has 0 aliphatic carbocycles. The number of aryl methyl sites for hydroxylation is 1. The van der Waals surface area contributed by atoms with Crippen molar-refractivity contribution in [1.82, 2.24) is 19.9 Å². The van der Waals surface area contributed by atoms with Gasteiger partial charge in [0, 0.05) is 24.9 Å². The fourth-order valence-electron chi connectivity index (χ4n) is 2.28. The molecule has 0 aliphatic heterocycles. The van der Waals surface area contributed by atoms with E-state index in [-0.39, 0.29) is 0 Å². The topological polar surface area (TPSA) is 42.7 Å². The second-order valence-electron chi connectivity index (χ2n) is 4.53. The summed E-state index contributed by atoms with van der Waals surface area (Å²) in [7, 11) is 0. The van der Waals surface area contributed by atoms with Crippen LogP contribution in [0.25, 0.3) is 5.69 Å². The first-order valence-corrected chi connectivity index (χ1v) is 7.02. The average Bonchev–Trinajstić information content (AvgIpc) is 2.93. The van der Waals surface area contributed by atoms with Gasteiger partial charge in [0.2, 0.25) is 0 Å². The van der Waals surface area contributed by atoms with Gasteiger partial charge in [0.05, 0.1) is 17.6 Å². The Bertz CT molecular complexity index is 501. The summed E-state index contributed by atoms with van der Waals surface area (Å²) in [5, 5.41) is 3.44. The summed E-state index contributed by atoms with van der Waals surface area (Å²) in [6, 6.07) is 4.56. The minimum Gasteiger partial charge on any atom is -0.309 e. The quantitative estimate of drug-likeness (QED) is 0.866. The molecule has 0 fully saturated rings. The van der Waals surface area contributed by atoms with Gasteiger partial charge < -0.3 is 9.88 Å². The summed E-state index contributed by atoms with van der Waals surface area (Å²) >= 11 is 0. The highest BCUT2D eigenvalue weighted by Gasteiger charge is 2.09. The van der Waals surface area contributed by atoms with Crippen molar-refractivity contribution >= 4 is 0 Å². The Kier molecular flexibility index (Phi) is 4.68. The number of pyridine rings is 1. The molecule has 2 aromatic heterocycles. The molecule has 2 heterocycles. The largest absolute Gasteiger partial charge is 0.309 e. The third kappa shape index (κ3) is 3.01. The fraction of sp³-hybridized carbons (Fsp3) is 0.467. The molecule has 19 heavy (non-hydrogen) atoms. The molecule has 1 N–H and O–H groups in total. The predicted molar refractivity (Wildman–Crippen MR) is 77.4 cm³/mol. The van der Waals surface area contributed by atoms with E-state index in [9.17, 15) is 0 Å². The maximum absolute atomic E-state index is 4.59. The van der Waals surface area contributed by atoms with Crippen LogP contribution in [0.4, 0.5) is 0 Å². The molecule has 0 aliphatic rings. The van der Waals surface area contributed by atoms with E-state index >= 15 is 0 Å². The van der Waals surface area contributed by atoms with Gasteiger partial charge in [-0.1, -0.05) is 20.8 Å².